The number of Topliss-reactive ketones (excluding diaryl/α,β-unsaturated/α-hetero) is 1. The van der Waals surface area contributed by atoms with Crippen LogP contribution in [0.4, 0.5) is 5.69 Å². The van der Waals surface area contributed by atoms with Crippen molar-refractivity contribution in [1.29, 1.82) is 0 Å². The van der Waals surface area contributed by atoms with E-state index in [-0.39, 0.29) is 23.5 Å². The lowest BCUT2D eigenvalue weighted by Crippen LogP contribution is -2.16. The molecule has 1 aromatic heterocycles. The fraction of sp³-hybridized carbons (Fsp3) is 0.0833. The molecule has 0 saturated carbocycles. The van der Waals surface area contributed by atoms with Crippen LogP contribution in [-0.2, 0) is 16.0 Å². The molecule has 1 N–H and O–H groups in total. The van der Waals surface area contributed by atoms with Crippen molar-refractivity contribution < 1.29 is 19.2 Å². The minimum atomic E-state index is -0.705. The molecule has 31 heavy (non-hydrogen) atoms. The summed E-state index contributed by atoms with van der Waals surface area (Å²) in [6.07, 6.45) is -0.288. The summed E-state index contributed by atoms with van der Waals surface area (Å²) in [4.78, 5) is 39.2. The van der Waals surface area contributed by atoms with Gasteiger partial charge < -0.3 is 9.72 Å². The van der Waals surface area contributed by atoms with Crippen LogP contribution in [0.15, 0.2) is 78.9 Å². The highest BCUT2D eigenvalue weighted by Crippen LogP contribution is 2.30. The Kier molecular flexibility index (Phi) is 5.57. The van der Waals surface area contributed by atoms with Crippen LogP contribution in [0.5, 0.6) is 0 Å². The molecule has 0 amide bonds. The second kappa shape index (κ2) is 8.62. The number of hydrogen-bond acceptors (Lipinski definition) is 5. The summed E-state index contributed by atoms with van der Waals surface area (Å²) in [6, 6.07) is 22.8. The van der Waals surface area contributed by atoms with Gasteiger partial charge in [0.15, 0.2) is 6.61 Å². The van der Waals surface area contributed by atoms with Crippen LogP contribution >= 0.6 is 0 Å². The highest BCUT2D eigenvalue weighted by Gasteiger charge is 2.22. The maximum atomic E-state index is 13.0. The van der Waals surface area contributed by atoms with Gasteiger partial charge in [0.05, 0.1) is 22.6 Å². The van der Waals surface area contributed by atoms with E-state index in [1.807, 2.05) is 54.6 Å². The quantitative estimate of drug-likeness (QED) is 0.204. The molecule has 0 bridgehead atoms. The first-order valence-corrected chi connectivity index (χ1v) is 9.62. The number of ketones is 1. The lowest BCUT2D eigenvalue weighted by molar-refractivity contribution is -0.385. The highest BCUT2D eigenvalue weighted by atomic mass is 16.6. The van der Waals surface area contributed by atoms with Crippen LogP contribution in [0.3, 0.4) is 0 Å². The molecule has 3 aromatic carbocycles. The average Bonchev–Trinajstić information content (AvgIpc) is 3.18. The Hall–Kier alpha value is -4.26. The minimum Gasteiger partial charge on any atom is -0.457 e. The molecular weight excluding hydrogens is 396 g/mol. The number of benzene rings is 3. The number of aromatic amines is 1. The van der Waals surface area contributed by atoms with Gasteiger partial charge in [0.1, 0.15) is 0 Å². The second-order valence-corrected chi connectivity index (χ2v) is 6.93. The molecular formula is C24H18N2O5. The van der Waals surface area contributed by atoms with Crippen LogP contribution < -0.4 is 0 Å². The van der Waals surface area contributed by atoms with Gasteiger partial charge in [-0.1, -0.05) is 66.7 Å². The van der Waals surface area contributed by atoms with Crippen molar-refractivity contribution in [2.45, 2.75) is 6.42 Å². The Morgan fingerprint density at radius 3 is 2.35 bits per heavy atom. The number of aromatic nitrogens is 1. The molecule has 0 atom stereocenters. The van der Waals surface area contributed by atoms with E-state index in [1.54, 1.807) is 6.07 Å². The number of rotatable bonds is 7. The Labute approximate surface area is 177 Å². The molecule has 0 fully saturated rings. The summed E-state index contributed by atoms with van der Waals surface area (Å²) in [7, 11) is 0. The lowest BCUT2D eigenvalue weighted by atomic mass is 10.0. The monoisotopic (exact) mass is 414 g/mol. The predicted octanol–water partition coefficient (Wildman–Crippen LogP) is 4.71. The SMILES string of the molecule is O=C(Cc1ccccc1[N+](=O)[O-])OCC(=O)c1c(-c2ccccc2)[nH]c2ccccc12. The van der Waals surface area contributed by atoms with Gasteiger partial charge in [0.2, 0.25) is 5.78 Å². The summed E-state index contributed by atoms with van der Waals surface area (Å²) in [5.41, 5.74) is 2.82. The molecule has 1 heterocycles. The molecule has 4 aromatic rings. The van der Waals surface area contributed by atoms with Gasteiger partial charge in [-0.2, -0.15) is 0 Å². The Morgan fingerprint density at radius 1 is 0.903 bits per heavy atom. The maximum absolute atomic E-state index is 13.0. The third kappa shape index (κ3) is 4.20. The van der Waals surface area contributed by atoms with Gasteiger partial charge in [-0.05, 0) is 11.6 Å². The van der Waals surface area contributed by atoms with E-state index in [0.717, 1.165) is 16.5 Å². The molecule has 0 radical (unpaired) electrons. The molecule has 154 valence electrons. The summed E-state index contributed by atoms with van der Waals surface area (Å²) in [6.45, 7) is -0.457. The van der Waals surface area contributed by atoms with Gasteiger partial charge >= 0.3 is 5.97 Å². The molecule has 0 aliphatic carbocycles. The molecule has 0 aliphatic rings. The number of nitro benzene ring substituents is 1. The largest absolute Gasteiger partial charge is 0.457 e. The Bertz CT molecular complexity index is 1280. The maximum Gasteiger partial charge on any atom is 0.310 e. The minimum absolute atomic E-state index is 0.159. The number of carbonyl (C=O) groups excluding carboxylic acids is 2. The van der Waals surface area contributed by atoms with E-state index in [0.29, 0.717) is 11.3 Å². The number of nitrogens with one attached hydrogen (secondary N) is 1. The van der Waals surface area contributed by atoms with Gasteiger partial charge in [-0.3, -0.25) is 19.7 Å². The topological polar surface area (TPSA) is 102 Å². The average molecular weight is 414 g/mol. The molecule has 7 heteroatoms. The molecule has 0 spiro atoms. The Morgan fingerprint density at radius 2 is 1.58 bits per heavy atom. The molecule has 0 saturated heterocycles. The predicted molar refractivity (Wildman–Crippen MR) is 116 cm³/mol. The second-order valence-electron chi connectivity index (χ2n) is 6.93. The van der Waals surface area contributed by atoms with E-state index >= 15 is 0 Å². The van der Waals surface area contributed by atoms with E-state index in [2.05, 4.69) is 4.98 Å². The first kappa shape index (κ1) is 20.0. The number of carbonyl (C=O) groups is 2. The van der Waals surface area contributed by atoms with Crippen LogP contribution in [-0.4, -0.2) is 28.3 Å². The highest BCUT2D eigenvalue weighted by molar-refractivity contribution is 6.14. The number of esters is 1. The molecule has 0 aliphatic heterocycles. The number of ether oxygens (including phenoxy) is 1. The van der Waals surface area contributed by atoms with Crippen molar-refractivity contribution in [3.8, 4) is 11.3 Å². The van der Waals surface area contributed by atoms with Crippen LogP contribution in [0.2, 0.25) is 0 Å². The lowest BCUT2D eigenvalue weighted by Gasteiger charge is -2.07. The first-order chi connectivity index (χ1) is 15.0. The number of nitrogens with zero attached hydrogens (tertiary/aromatic N) is 1. The van der Waals surface area contributed by atoms with Gasteiger partial charge in [0.25, 0.3) is 5.69 Å². The van der Waals surface area contributed by atoms with E-state index < -0.39 is 17.5 Å². The number of fused-ring (bicyclic) bond motifs is 1. The van der Waals surface area contributed by atoms with Crippen LogP contribution in [0.25, 0.3) is 22.2 Å². The fourth-order valence-corrected chi connectivity index (χ4v) is 3.52. The standard InChI is InChI=1S/C24H18N2O5/c27-21(15-31-22(28)14-17-10-4-7-13-20(17)26(29)30)23-18-11-5-6-12-19(18)25-24(23)16-8-2-1-3-9-16/h1-13,25H,14-15H2. The van der Waals surface area contributed by atoms with Crippen LogP contribution in [0.1, 0.15) is 15.9 Å². The van der Waals surface area contributed by atoms with Crippen molar-refractivity contribution in [1.82, 2.24) is 4.98 Å². The summed E-state index contributed by atoms with van der Waals surface area (Å²) >= 11 is 0. The zero-order valence-corrected chi connectivity index (χ0v) is 16.4. The van der Waals surface area contributed by atoms with Crippen LogP contribution in [0, 0.1) is 10.1 Å². The summed E-state index contributed by atoms with van der Waals surface area (Å²) in [5.74, 6) is -1.06. The van der Waals surface area contributed by atoms with Crippen molar-refractivity contribution >= 4 is 28.3 Å². The summed E-state index contributed by atoms with van der Waals surface area (Å²) in [5, 5.41) is 11.9. The van der Waals surface area contributed by atoms with Crippen molar-refractivity contribution in [3.05, 3.63) is 100 Å². The molecule has 0 unspecified atom stereocenters. The summed E-state index contributed by atoms with van der Waals surface area (Å²) < 4.78 is 5.18. The molecule has 4 rings (SSSR count). The van der Waals surface area contributed by atoms with Gasteiger partial charge in [0, 0.05) is 22.5 Å². The van der Waals surface area contributed by atoms with E-state index in [4.69, 9.17) is 4.74 Å². The number of H-pyrrole nitrogens is 1. The smallest absolute Gasteiger partial charge is 0.310 e. The zero-order valence-electron chi connectivity index (χ0n) is 16.4. The van der Waals surface area contributed by atoms with E-state index in [1.165, 1.54) is 18.2 Å². The van der Waals surface area contributed by atoms with Gasteiger partial charge in [-0.25, -0.2) is 0 Å². The Balaban J connectivity index is 1.56. The molecule has 7 nitrogen and oxygen atoms in total. The van der Waals surface area contributed by atoms with Crippen molar-refractivity contribution in [3.63, 3.8) is 0 Å². The van der Waals surface area contributed by atoms with Crippen molar-refractivity contribution in [2.75, 3.05) is 6.61 Å². The van der Waals surface area contributed by atoms with E-state index in [9.17, 15) is 19.7 Å². The number of nitro groups is 1. The zero-order chi connectivity index (χ0) is 21.8. The number of hydrogen-bond donors (Lipinski definition) is 1. The number of para-hydroxylation sites is 2. The van der Waals surface area contributed by atoms with Gasteiger partial charge in [-0.15, -0.1) is 0 Å². The first-order valence-electron chi connectivity index (χ1n) is 9.62. The fourth-order valence-electron chi connectivity index (χ4n) is 3.52. The third-order valence-electron chi connectivity index (χ3n) is 4.93. The third-order valence-corrected chi connectivity index (χ3v) is 4.93. The normalized spacial score (nSPS) is 10.7. The van der Waals surface area contributed by atoms with Crippen molar-refractivity contribution in [2.24, 2.45) is 0 Å².